The fourth-order valence-corrected chi connectivity index (χ4v) is 4.43. The van der Waals surface area contributed by atoms with Crippen LogP contribution in [0.15, 0.2) is 48.5 Å². The van der Waals surface area contributed by atoms with Gasteiger partial charge in [-0.3, -0.25) is 9.59 Å². The molecule has 2 aromatic rings. The van der Waals surface area contributed by atoms with Gasteiger partial charge in [0, 0.05) is 43.3 Å². The van der Waals surface area contributed by atoms with Crippen LogP contribution in [0.4, 0.5) is 5.69 Å². The number of benzene rings is 2. The van der Waals surface area contributed by atoms with Crippen molar-refractivity contribution < 1.29 is 9.59 Å². The zero-order valence-electron chi connectivity index (χ0n) is 16.4. The van der Waals surface area contributed by atoms with E-state index in [1.165, 1.54) is 11.1 Å². The first-order chi connectivity index (χ1) is 14.1. The lowest BCUT2D eigenvalue weighted by molar-refractivity contribution is -0.133. The molecule has 4 rings (SSSR count). The van der Waals surface area contributed by atoms with Gasteiger partial charge >= 0.3 is 0 Å². The Balaban J connectivity index is 1.21. The molecule has 1 heterocycles. The molecule has 0 aromatic heterocycles. The van der Waals surface area contributed by atoms with Crippen molar-refractivity contribution in [2.75, 3.05) is 37.6 Å². The van der Waals surface area contributed by atoms with Crippen molar-refractivity contribution in [2.45, 2.75) is 25.2 Å². The summed E-state index contributed by atoms with van der Waals surface area (Å²) in [6, 6.07) is 16.1. The van der Waals surface area contributed by atoms with Gasteiger partial charge in [0.05, 0.1) is 6.54 Å². The number of nitrogens with zero attached hydrogens (tertiary/aromatic N) is 2. The summed E-state index contributed by atoms with van der Waals surface area (Å²) in [5.41, 5.74) is 3.75. The number of carbonyl (C=O) groups excluding carboxylic acids is 2. The predicted octanol–water partition coefficient (Wildman–Crippen LogP) is 3.22. The standard InChI is InChI=1S/C23H26ClN3O2/c24-19-7-9-20(10-8-19)26-11-13-27(14-12-26)23(29)16-25-22(28)15-18-6-5-17-3-1-2-4-21(17)18/h1-4,7-10,18H,5-6,11-16H2,(H,25,28). The maximum Gasteiger partial charge on any atom is 0.242 e. The van der Waals surface area contributed by atoms with E-state index >= 15 is 0 Å². The number of aryl methyl sites for hydroxylation is 1. The lowest BCUT2D eigenvalue weighted by Crippen LogP contribution is -2.51. The van der Waals surface area contributed by atoms with Crippen LogP contribution < -0.4 is 10.2 Å². The summed E-state index contributed by atoms with van der Waals surface area (Å²) in [6.45, 7) is 2.95. The third kappa shape index (κ3) is 4.73. The van der Waals surface area contributed by atoms with Crippen molar-refractivity contribution in [2.24, 2.45) is 0 Å². The van der Waals surface area contributed by atoms with Gasteiger partial charge in [-0.2, -0.15) is 0 Å². The third-order valence-electron chi connectivity index (χ3n) is 5.95. The highest BCUT2D eigenvalue weighted by molar-refractivity contribution is 6.30. The van der Waals surface area contributed by atoms with Gasteiger partial charge in [0.15, 0.2) is 0 Å². The van der Waals surface area contributed by atoms with Crippen molar-refractivity contribution in [3.63, 3.8) is 0 Å². The van der Waals surface area contributed by atoms with E-state index in [-0.39, 0.29) is 24.3 Å². The summed E-state index contributed by atoms with van der Waals surface area (Å²) < 4.78 is 0. The Morgan fingerprint density at radius 1 is 1.00 bits per heavy atom. The molecule has 0 spiro atoms. The zero-order chi connectivity index (χ0) is 20.2. The van der Waals surface area contributed by atoms with Gasteiger partial charge in [-0.05, 0) is 54.2 Å². The Morgan fingerprint density at radius 2 is 1.72 bits per heavy atom. The monoisotopic (exact) mass is 411 g/mol. The molecule has 0 bridgehead atoms. The third-order valence-corrected chi connectivity index (χ3v) is 6.20. The SMILES string of the molecule is O=C(CC1CCc2ccccc21)NCC(=O)N1CCN(c2ccc(Cl)cc2)CC1. The number of halogens is 1. The molecule has 1 aliphatic carbocycles. The van der Waals surface area contributed by atoms with E-state index in [0.717, 1.165) is 36.6 Å². The van der Waals surface area contributed by atoms with Crippen molar-refractivity contribution in [3.05, 3.63) is 64.7 Å². The molecule has 1 unspecified atom stereocenters. The Kier molecular flexibility index (Phi) is 6.05. The van der Waals surface area contributed by atoms with Crippen LogP contribution in [0.5, 0.6) is 0 Å². The van der Waals surface area contributed by atoms with E-state index in [4.69, 9.17) is 11.6 Å². The van der Waals surface area contributed by atoms with Crippen LogP contribution in [0, 0.1) is 0 Å². The molecule has 2 amide bonds. The lowest BCUT2D eigenvalue weighted by atomic mass is 9.97. The lowest BCUT2D eigenvalue weighted by Gasteiger charge is -2.36. The number of carbonyl (C=O) groups is 2. The van der Waals surface area contributed by atoms with Crippen LogP contribution >= 0.6 is 11.6 Å². The van der Waals surface area contributed by atoms with Crippen LogP contribution in [-0.2, 0) is 16.0 Å². The number of nitrogens with one attached hydrogen (secondary N) is 1. The molecule has 1 fully saturated rings. The largest absolute Gasteiger partial charge is 0.368 e. The second kappa shape index (κ2) is 8.87. The minimum atomic E-state index is -0.0418. The smallest absolute Gasteiger partial charge is 0.242 e. The number of rotatable bonds is 5. The Labute approximate surface area is 176 Å². The molecule has 1 aliphatic heterocycles. The van der Waals surface area contributed by atoms with Gasteiger partial charge in [0.1, 0.15) is 0 Å². The van der Waals surface area contributed by atoms with E-state index < -0.39 is 0 Å². The first kappa shape index (κ1) is 19.8. The molecule has 152 valence electrons. The van der Waals surface area contributed by atoms with Gasteiger partial charge in [0.25, 0.3) is 0 Å². The molecule has 0 radical (unpaired) electrons. The molecule has 29 heavy (non-hydrogen) atoms. The van der Waals surface area contributed by atoms with Gasteiger partial charge < -0.3 is 15.1 Å². The molecular weight excluding hydrogens is 386 g/mol. The number of amides is 2. The first-order valence-electron chi connectivity index (χ1n) is 10.2. The zero-order valence-corrected chi connectivity index (χ0v) is 17.2. The van der Waals surface area contributed by atoms with Gasteiger partial charge in [-0.15, -0.1) is 0 Å². The summed E-state index contributed by atoms with van der Waals surface area (Å²) in [4.78, 5) is 28.9. The molecule has 5 nitrogen and oxygen atoms in total. The highest BCUT2D eigenvalue weighted by atomic mass is 35.5. The van der Waals surface area contributed by atoms with Gasteiger partial charge in [0.2, 0.25) is 11.8 Å². The number of piperazine rings is 1. The van der Waals surface area contributed by atoms with E-state index in [2.05, 4.69) is 22.3 Å². The van der Waals surface area contributed by atoms with Crippen molar-refractivity contribution in [1.29, 1.82) is 0 Å². The van der Waals surface area contributed by atoms with Crippen LogP contribution in [-0.4, -0.2) is 49.4 Å². The maximum absolute atomic E-state index is 12.5. The maximum atomic E-state index is 12.5. The summed E-state index contributed by atoms with van der Waals surface area (Å²) in [6.07, 6.45) is 2.49. The Bertz CT molecular complexity index is 876. The van der Waals surface area contributed by atoms with Crippen LogP contribution in [0.1, 0.15) is 29.9 Å². The van der Waals surface area contributed by atoms with Crippen LogP contribution in [0.2, 0.25) is 5.02 Å². The molecule has 1 N–H and O–H groups in total. The molecule has 0 saturated carbocycles. The molecule has 1 atom stereocenters. The molecular formula is C23H26ClN3O2. The number of hydrogen-bond donors (Lipinski definition) is 1. The summed E-state index contributed by atoms with van der Waals surface area (Å²) in [5, 5.41) is 3.55. The van der Waals surface area contributed by atoms with Crippen LogP contribution in [0.3, 0.4) is 0 Å². The average Bonchev–Trinajstić information content (AvgIpc) is 3.15. The van der Waals surface area contributed by atoms with E-state index in [9.17, 15) is 9.59 Å². The van der Waals surface area contributed by atoms with E-state index in [1.54, 1.807) is 0 Å². The Morgan fingerprint density at radius 3 is 2.48 bits per heavy atom. The average molecular weight is 412 g/mol. The topological polar surface area (TPSA) is 52.7 Å². The number of fused-ring (bicyclic) bond motifs is 1. The number of anilines is 1. The minimum absolute atomic E-state index is 0.0130. The predicted molar refractivity (Wildman–Crippen MR) is 115 cm³/mol. The molecule has 2 aliphatic rings. The quantitative estimate of drug-likeness (QED) is 0.821. The van der Waals surface area contributed by atoms with Crippen LogP contribution in [0.25, 0.3) is 0 Å². The molecule has 2 aromatic carbocycles. The molecule has 1 saturated heterocycles. The van der Waals surface area contributed by atoms with Crippen molar-refractivity contribution >= 4 is 29.1 Å². The normalized spacial score (nSPS) is 18.4. The highest BCUT2D eigenvalue weighted by Gasteiger charge is 2.25. The highest BCUT2D eigenvalue weighted by Crippen LogP contribution is 2.35. The van der Waals surface area contributed by atoms with Gasteiger partial charge in [-0.25, -0.2) is 0 Å². The van der Waals surface area contributed by atoms with Gasteiger partial charge in [-0.1, -0.05) is 35.9 Å². The van der Waals surface area contributed by atoms with Crippen molar-refractivity contribution in [1.82, 2.24) is 10.2 Å². The van der Waals surface area contributed by atoms with Crippen molar-refractivity contribution in [3.8, 4) is 0 Å². The summed E-state index contributed by atoms with van der Waals surface area (Å²) in [5.74, 6) is 0.213. The molecule has 6 heteroatoms. The second-order valence-corrected chi connectivity index (χ2v) is 8.20. The number of hydrogen-bond acceptors (Lipinski definition) is 3. The Hall–Kier alpha value is -2.53. The fraction of sp³-hybridized carbons (Fsp3) is 0.391. The minimum Gasteiger partial charge on any atom is -0.368 e. The summed E-state index contributed by atoms with van der Waals surface area (Å²) in [7, 11) is 0. The fourth-order valence-electron chi connectivity index (χ4n) is 4.31. The van der Waals surface area contributed by atoms with E-state index in [1.807, 2.05) is 41.3 Å². The van der Waals surface area contributed by atoms with E-state index in [0.29, 0.717) is 19.5 Å². The first-order valence-corrected chi connectivity index (χ1v) is 10.6. The summed E-state index contributed by atoms with van der Waals surface area (Å²) >= 11 is 5.95. The second-order valence-electron chi connectivity index (χ2n) is 7.76.